The molecule has 3 fully saturated rings. The van der Waals surface area contributed by atoms with E-state index in [0.29, 0.717) is 13.2 Å². The summed E-state index contributed by atoms with van der Waals surface area (Å²) in [6, 6.07) is 14.4. The van der Waals surface area contributed by atoms with Crippen LogP contribution in [-0.4, -0.2) is 81.6 Å². The standard InChI is InChI=1S/C25H28ClN5O2/c26-19-8-6-18(7-9-19)24-22(30-12-2-1-5-23(30)27-24)15-28-13-20-16-33-17-21(14-28)31(20)25(32)29-10-3-4-11-29/h1-2,5-9,12,20-21H,3-4,10-11,13-17H2. The van der Waals surface area contributed by atoms with Gasteiger partial charge >= 0.3 is 6.03 Å². The Morgan fingerprint density at radius 3 is 2.48 bits per heavy atom. The average molecular weight is 466 g/mol. The van der Waals surface area contributed by atoms with Gasteiger partial charge in [0.05, 0.1) is 36.7 Å². The predicted molar refractivity (Wildman–Crippen MR) is 127 cm³/mol. The number of benzene rings is 1. The monoisotopic (exact) mass is 465 g/mol. The molecule has 3 aromatic rings. The van der Waals surface area contributed by atoms with E-state index in [-0.39, 0.29) is 18.1 Å². The second-order valence-corrected chi connectivity index (χ2v) is 9.70. The van der Waals surface area contributed by atoms with Crippen molar-refractivity contribution in [3.63, 3.8) is 0 Å². The molecule has 3 aliphatic rings. The second-order valence-electron chi connectivity index (χ2n) is 9.27. The Labute approximate surface area is 198 Å². The van der Waals surface area contributed by atoms with Crippen molar-refractivity contribution < 1.29 is 9.53 Å². The second kappa shape index (κ2) is 8.63. The maximum absolute atomic E-state index is 13.2. The number of hydrogen-bond acceptors (Lipinski definition) is 4. The van der Waals surface area contributed by atoms with E-state index in [1.54, 1.807) is 0 Å². The number of amides is 2. The summed E-state index contributed by atoms with van der Waals surface area (Å²) in [5, 5.41) is 0.718. The number of carbonyl (C=O) groups is 1. The number of piperazine rings is 1. The highest BCUT2D eigenvalue weighted by molar-refractivity contribution is 6.30. The number of morpholine rings is 1. The molecule has 1 aromatic carbocycles. The number of rotatable bonds is 3. The van der Waals surface area contributed by atoms with Crippen LogP contribution in [0.5, 0.6) is 0 Å². The van der Waals surface area contributed by atoms with E-state index in [2.05, 4.69) is 20.4 Å². The molecular formula is C25H28ClN5O2. The molecule has 0 aliphatic carbocycles. The zero-order chi connectivity index (χ0) is 22.4. The summed E-state index contributed by atoms with van der Waals surface area (Å²) >= 11 is 6.13. The molecule has 7 nitrogen and oxygen atoms in total. The number of pyridine rings is 1. The van der Waals surface area contributed by atoms with Crippen LogP contribution < -0.4 is 0 Å². The molecule has 2 bridgehead atoms. The smallest absolute Gasteiger partial charge is 0.320 e. The maximum Gasteiger partial charge on any atom is 0.320 e. The number of carbonyl (C=O) groups excluding carboxylic acids is 1. The van der Waals surface area contributed by atoms with E-state index < -0.39 is 0 Å². The minimum absolute atomic E-state index is 0.0868. The van der Waals surface area contributed by atoms with Crippen LogP contribution >= 0.6 is 11.6 Å². The fraction of sp³-hybridized carbons (Fsp3) is 0.440. The first kappa shape index (κ1) is 21.0. The maximum atomic E-state index is 13.2. The molecule has 3 saturated heterocycles. The SMILES string of the molecule is O=C(N1CCCC1)N1C2COCC1CN(Cc1c(-c3ccc(Cl)cc3)nc3ccccn13)C2. The van der Waals surface area contributed by atoms with Crippen molar-refractivity contribution in [1.29, 1.82) is 0 Å². The lowest BCUT2D eigenvalue weighted by Crippen LogP contribution is -2.67. The number of aromatic nitrogens is 2. The topological polar surface area (TPSA) is 53.3 Å². The number of ether oxygens (including phenoxy) is 1. The van der Waals surface area contributed by atoms with Crippen molar-refractivity contribution in [3.8, 4) is 11.3 Å². The van der Waals surface area contributed by atoms with Crippen LogP contribution in [0.3, 0.4) is 0 Å². The van der Waals surface area contributed by atoms with Crippen LogP contribution in [0.25, 0.3) is 16.9 Å². The Balaban J connectivity index is 1.29. The van der Waals surface area contributed by atoms with Gasteiger partial charge in [-0.1, -0.05) is 29.8 Å². The number of nitrogens with zero attached hydrogens (tertiary/aromatic N) is 5. The highest BCUT2D eigenvalue weighted by Crippen LogP contribution is 2.30. The number of likely N-dealkylation sites (tertiary alicyclic amines) is 1. The van der Waals surface area contributed by atoms with E-state index >= 15 is 0 Å². The number of urea groups is 1. The minimum atomic E-state index is 0.0868. The molecule has 5 heterocycles. The quantitative estimate of drug-likeness (QED) is 0.591. The largest absolute Gasteiger partial charge is 0.377 e. The van der Waals surface area contributed by atoms with E-state index in [0.717, 1.165) is 73.2 Å². The first-order valence-corrected chi connectivity index (χ1v) is 12.1. The summed E-state index contributed by atoms with van der Waals surface area (Å²) in [6.07, 6.45) is 4.30. The van der Waals surface area contributed by atoms with Gasteiger partial charge in [-0.25, -0.2) is 9.78 Å². The van der Waals surface area contributed by atoms with Gasteiger partial charge in [0.25, 0.3) is 0 Å². The van der Waals surface area contributed by atoms with Crippen molar-refractivity contribution >= 4 is 23.3 Å². The Morgan fingerprint density at radius 2 is 1.76 bits per heavy atom. The van der Waals surface area contributed by atoms with Crippen molar-refractivity contribution in [2.75, 3.05) is 39.4 Å². The zero-order valence-electron chi connectivity index (χ0n) is 18.6. The van der Waals surface area contributed by atoms with Gasteiger partial charge in [-0.3, -0.25) is 4.90 Å². The van der Waals surface area contributed by atoms with E-state index in [1.165, 1.54) is 0 Å². The van der Waals surface area contributed by atoms with Crippen molar-refractivity contribution in [3.05, 3.63) is 59.4 Å². The number of hydrogen-bond donors (Lipinski definition) is 0. The Kier molecular flexibility index (Phi) is 5.48. The van der Waals surface area contributed by atoms with Crippen LogP contribution in [0.4, 0.5) is 4.79 Å². The van der Waals surface area contributed by atoms with Crippen LogP contribution in [0.2, 0.25) is 5.02 Å². The summed E-state index contributed by atoms with van der Waals surface area (Å²) in [5.74, 6) is 0. The van der Waals surface area contributed by atoms with E-state index in [4.69, 9.17) is 21.3 Å². The normalized spacial score (nSPS) is 23.4. The number of fused-ring (bicyclic) bond motifs is 3. The summed E-state index contributed by atoms with van der Waals surface area (Å²) in [7, 11) is 0. The lowest BCUT2D eigenvalue weighted by Gasteiger charge is -2.50. The third-order valence-corrected chi connectivity index (χ3v) is 7.31. The molecule has 0 N–H and O–H groups in total. The van der Waals surface area contributed by atoms with Crippen LogP contribution in [0.1, 0.15) is 18.5 Å². The highest BCUT2D eigenvalue weighted by Gasteiger charge is 2.43. The molecule has 0 spiro atoms. The molecule has 0 saturated carbocycles. The average Bonchev–Trinajstić information content (AvgIpc) is 3.48. The molecule has 2 unspecified atom stereocenters. The van der Waals surface area contributed by atoms with Gasteiger partial charge < -0.3 is 18.9 Å². The molecule has 33 heavy (non-hydrogen) atoms. The number of imidazole rings is 1. The summed E-state index contributed by atoms with van der Waals surface area (Å²) in [6.45, 7) is 5.33. The van der Waals surface area contributed by atoms with Crippen molar-refractivity contribution in [2.45, 2.75) is 31.5 Å². The van der Waals surface area contributed by atoms with Crippen LogP contribution in [0.15, 0.2) is 48.7 Å². The van der Waals surface area contributed by atoms with Gasteiger partial charge in [0, 0.05) is 49.5 Å². The van der Waals surface area contributed by atoms with Gasteiger partial charge in [-0.05, 0) is 37.1 Å². The fourth-order valence-corrected chi connectivity index (χ4v) is 5.64. The van der Waals surface area contributed by atoms with E-state index in [1.807, 2.05) is 47.4 Å². The van der Waals surface area contributed by atoms with Crippen molar-refractivity contribution in [1.82, 2.24) is 24.1 Å². The van der Waals surface area contributed by atoms with Crippen LogP contribution in [-0.2, 0) is 11.3 Å². The van der Waals surface area contributed by atoms with Crippen molar-refractivity contribution in [2.24, 2.45) is 0 Å². The van der Waals surface area contributed by atoms with Gasteiger partial charge in [0.15, 0.2) is 0 Å². The summed E-state index contributed by atoms with van der Waals surface area (Å²) < 4.78 is 8.05. The molecule has 3 aliphatic heterocycles. The Bertz CT molecular complexity index is 1140. The van der Waals surface area contributed by atoms with Gasteiger partial charge in [0.2, 0.25) is 0 Å². The third-order valence-electron chi connectivity index (χ3n) is 7.06. The van der Waals surface area contributed by atoms with Gasteiger partial charge in [-0.15, -0.1) is 0 Å². The molecule has 2 atom stereocenters. The molecule has 2 aromatic heterocycles. The van der Waals surface area contributed by atoms with Crippen LogP contribution in [0, 0.1) is 0 Å². The Morgan fingerprint density at radius 1 is 1.03 bits per heavy atom. The third kappa shape index (κ3) is 3.88. The zero-order valence-corrected chi connectivity index (χ0v) is 19.3. The first-order valence-electron chi connectivity index (χ1n) is 11.8. The predicted octanol–water partition coefficient (Wildman–Crippen LogP) is 3.76. The molecule has 8 heteroatoms. The molecular weight excluding hydrogens is 438 g/mol. The number of halogens is 1. The fourth-order valence-electron chi connectivity index (χ4n) is 5.51. The highest BCUT2D eigenvalue weighted by atomic mass is 35.5. The van der Waals surface area contributed by atoms with E-state index in [9.17, 15) is 4.79 Å². The molecule has 0 radical (unpaired) electrons. The molecule has 6 rings (SSSR count). The Hall–Kier alpha value is -2.61. The molecule has 172 valence electrons. The minimum Gasteiger partial charge on any atom is -0.377 e. The van der Waals surface area contributed by atoms with Gasteiger partial charge in [0.1, 0.15) is 5.65 Å². The molecule has 2 amide bonds. The lowest BCUT2D eigenvalue weighted by molar-refractivity contribution is -0.0812. The lowest BCUT2D eigenvalue weighted by atomic mass is 10.0. The first-order chi connectivity index (χ1) is 16.2. The summed E-state index contributed by atoms with van der Waals surface area (Å²) in [4.78, 5) is 24.8. The summed E-state index contributed by atoms with van der Waals surface area (Å²) in [5.41, 5.74) is 4.13. The van der Waals surface area contributed by atoms with Gasteiger partial charge in [-0.2, -0.15) is 0 Å².